The number of sulfonamides is 1. The van der Waals surface area contributed by atoms with Crippen molar-refractivity contribution in [1.29, 1.82) is 0 Å². The highest BCUT2D eigenvalue weighted by atomic mass is 32.2. The second-order valence-corrected chi connectivity index (χ2v) is 10.7. The van der Waals surface area contributed by atoms with Gasteiger partial charge >= 0.3 is 12.0 Å². The number of esters is 1. The van der Waals surface area contributed by atoms with E-state index in [9.17, 15) is 18.0 Å². The lowest BCUT2D eigenvalue weighted by Crippen LogP contribution is -2.39. The van der Waals surface area contributed by atoms with E-state index in [-0.39, 0.29) is 4.90 Å². The first-order valence-electron chi connectivity index (χ1n) is 12.8. The molecule has 2 amide bonds. The summed E-state index contributed by atoms with van der Waals surface area (Å²) in [5.74, 6) is 0.471. The molecule has 4 rings (SSSR count). The number of urea groups is 1. The molecule has 39 heavy (non-hydrogen) atoms. The second kappa shape index (κ2) is 12.1. The first kappa shape index (κ1) is 27.8. The van der Waals surface area contributed by atoms with Crippen molar-refractivity contribution in [2.24, 2.45) is 0 Å². The van der Waals surface area contributed by atoms with Gasteiger partial charge in [-0.05, 0) is 42.7 Å². The van der Waals surface area contributed by atoms with Crippen LogP contribution < -0.4 is 10.0 Å². The summed E-state index contributed by atoms with van der Waals surface area (Å²) in [4.78, 5) is 29.3. The minimum Gasteiger partial charge on any atom is -0.465 e. The van der Waals surface area contributed by atoms with Gasteiger partial charge in [-0.3, -0.25) is 0 Å². The van der Waals surface area contributed by atoms with Gasteiger partial charge in [-0.15, -0.1) is 0 Å². The number of imidazole rings is 1. The molecule has 0 radical (unpaired) electrons. The Kier molecular flexibility index (Phi) is 8.65. The first-order chi connectivity index (χ1) is 18.8. The molecule has 1 aromatic heterocycles. The average Bonchev–Trinajstić information content (AvgIpc) is 3.28. The van der Waals surface area contributed by atoms with Gasteiger partial charge < -0.3 is 14.6 Å². The number of benzene rings is 3. The molecule has 10 heteroatoms. The Balaban J connectivity index is 1.70. The van der Waals surface area contributed by atoms with E-state index >= 15 is 0 Å². The Labute approximate surface area is 228 Å². The molecule has 0 atom stereocenters. The lowest BCUT2D eigenvalue weighted by Gasteiger charge is -2.14. The van der Waals surface area contributed by atoms with E-state index < -0.39 is 22.0 Å². The van der Waals surface area contributed by atoms with E-state index in [0.717, 1.165) is 41.7 Å². The summed E-state index contributed by atoms with van der Waals surface area (Å²) < 4.78 is 35.0. The van der Waals surface area contributed by atoms with E-state index in [1.54, 1.807) is 37.3 Å². The van der Waals surface area contributed by atoms with E-state index in [0.29, 0.717) is 29.8 Å². The Morgan fingerprint density at radius 2 is 1.72 bits per heavy atom. The Morgan fingerprint density at radius 1 is 0.974 bits per heavy atom. The number of rotatable bonds is 10. The fourth-order valence-corrected chi connectivity index (χ4v) is 5.65. The minimum atomic E-state index is -4.08. The van der Waals surface area contributed by atoms with Gasteiger partial charge in [0.05, 0.1) is 28.6 Å². The number of fused-ring (bicyclic) bond motifs is 1. The van der Waals surface area contributed by atoms with Gasteiger partial charge in [0.1, 0.15) is 5.82 Å². The number of carbonyl (C=O) groups excluding carboxylic acids is 2. The van der Waals surface area contributed by atoms with Gasteiger partial charge in [0, 0.05) is 25.1 Å². The molecule has 0 aliphatic heterocycles. The molecule has 2 N–H and O–H groups in total. The van der Waals surface area contributed by atoms with Crippen LogP contribution in [0.5, 0.6) is 0 Å². The van der Waals surface area contributed by atoms with E-state index in [2.05, 4.69) is 21.5 Å². The molecule has 0 spiro atoms. The van der Waals surface area contributed by atoms with Crippen LogP contribution in [0, 0.1) is 0 Å². The highest BCUT2D eigenvalue weighted by molar-refractivity contribution is 7.90. The van der Waals surface area contributed by atoms with E-state index in [4.69, 9.17) is 9.72 Å². The molecule has 0 unspecified atom stereocenters. The molecule has 9 nitrogen and oxygen atoms in total. The molecular formula is C29H32N4O5S. The normalized spacial score (nSPS) is 11.4. The second-order valence-electron chi connectivity index (χ2n) is 9.04. The van der Waals surface area contributed by atoms with Crippen molar-refractivity contribution < 1.29 is 22.7 Å². The van der Waals surface area contributed by atoms with Gasteiger partial charge in [-0.25, -0.2) is 27.7 Å². The minimum absolute atomic E-state index is 0.00850. The number of carbonyl (C=O) groups is 2. The number of amides is 2. The van der Waals surface area contributed by atoms with Crippen LogP contribution >= 0.6 is 0 Å². The van der Waals surface area contributed by atoms with Gasteiger partial charge in [0.2, 0.25) is 0 Å². The van der Waals surface area contributed by atoms with E-state index in [1.165, 1.54) is 13.2 Å². The van der Waals surface area contributed by atoms with Crippen molar-refractivity contribution >= 4 is 33.1 Å². The number of aromatic nitrogens is 2. The molecule has 0 aliphatic carbocycles. The quantitative estimate of drug-likeness (QED) is 0.272. The molecule has 3 aromatic carbocycles. The highest BCUT2D eigenvalue weighted by Crippen LogP contribution is 2.29. The van der Waals surface area contributed by atoms with Crippen LogP contribution in [0.1, 0.15) is 48.4 Å². The van der Waals surface area contributed by atoms with E-state index in [1.807, 2.05) is 30.3 Å². The SMILES string of the molecule is CCCCc1nc2cccc(C(=O)OC)c2n1Cc1ccc(-c2ccccc2S(=O)(=O)NC(=O)NCC)cc1. The first-order valence-corrected chi connectivity index (χ1v) is 14.3. The third-order valence-electron chi connectivity index (χ3n) is 6.35. The Bertz CT molecular complexity index is 1590. The fourth-order valence-electron chi connectivity index (χ4n) is 4.49. The van der Waals surface area contributed by atoms with Crippen LogP contribution in [-0.2, 0) is 27.7 Å². The molecule has 0 aliphatic rings. The summed E-state index contributed by atoms with van der Waals surface area (Å²) >= 11 is 0. The van der Waals surface area contributed by atoms with Crippen LogP contribution in [0.15, 0.2) is 71.6 Å². The van der Waals surface area contributed by atoms with Crippen LogP contribution in [0.4, 0.5) is 4.79 Å². The van der Waals surface area contributed by atoms with Crippen molar-refractivity contribution in [3.63, 3.8) is 0 Å². The van der Waals surface area contributed by atoms with Crippen molar-refractivity contribution in [3.05, 3.63) is 83.7 Å². The number of unbranched alkanes of at least 4 members (excludes halogenated alkanes) is 1. The van der Waals surface area contributed by atoms with Crippen LogP contribution in [0.3, 0.4) is 0 Å². The molecule has 0 bridgehead atoms. The van der Waals surface area contributed by atoms with Crippen LogP contribution in [0.25, 0.3) is 22.2 Å². The fraction of sp³-hybridized carbons (Fsp3) is 0.276. The van der Waals surface area contributed by atoms with Gasteiger partial charge in [0.25, 0.3) is 10.0 Å². The monoisotopic (exact) mass is 548 g/mol. The average molecular weight is 549 g/mol. The Morgan fingerprint density at radius 3 is 2.41 bits per heavy atom. The maximum atomic E-state index is 12.9. The summed E-state index contributed by atoms with van der Waals surface area (Å²) in [5, 5.41) is 2.44. The van der Waals surface area contributed by atoms with Crippen molar-refractivity contribution in [2.75, 3.05) is 13.7 Å². The summed E-state index contributed by atoms with van der Waals surface area (Å²) in [5.41, 5.74) is 4.04. The zero-order chi connectivity index (χ0) is 28.0. The van der Waals surface area contributed by atoms with Crippen molar-refractivity contribution in [1.82, 2.24) is 19.6 Å². The van der Waals surface area contributed by atoms with Gasteiger partial charge in [-0.2, -0.15) is 0 Å². The van der Waals surface area contributed by atoms with Gasteiger partial charge in [-0.1, -0.05) is 61.9 Å². The largest absolute Gasteiger partial charge is 0.465 e. The maximum Gasteiger partial charge on any atom is 0.340 e. The summed E-state index contributed by atoms with van der Waals surface area (Å²) in [6, 6.07) is 18.7. The standard InChI is InChI=1S/C29H32N4O5S/c1-4-6-14-26-31-24-12-9-11-23(28(34)38-3)27(24)33(26)19-20-15-17-21(18-16-20)22-10-7-8-13-25(22)39(36,37)32-29(35)30-5-2/h7-13,15-18H,4-6,14,19H2,1-3H3,(H2,30,32,35). The number of para-hydroxylation sites is 1. The predicted octanol–water partition coefficient (Wildman–Crippen LogP) is 4.89. The third-order valence-corrected chi connectivity index (χ3v) is 7.74. The highest BCUT2D eigenvalue weighted by Gasteiger charge is 2.22. The maximum absolute atomic E-state index is 12.9. The molecule has 4 aromatic rings. The number of aryl methyl sites for hydroxylation is 1. The number of ether oxygens (including phenoxy) is 1. The third kappa shape index (κ3) is 6.12. The van der Waals surface area contributed by atoms with Crippen LogP contribution in [0.2, 0.25) is 0 Å². The predicted molar refractivity (Wildman–Crippen MR) is 150 cm³/mol. The zero-order valence-corrected chi connectivity index (χ0v) is 23.0. The molecular weight excluding hydrogens is 516 g/mol. The van der Waals surface area contributed by atoms with Crippen molar-refractivity contribution in [2.45, 2.75) is 44.6 Å². The molecule has 204 valence electrons. The summed E-state index contributed by atoms with van der Waals surface area (Å²) in [7, 11) is -2.72. The topological polar surface area (TPSA) is 119 Å². The molecule has 0 fully saturated rings. The lowest BCUT2D eigenvalue weighted by molar-refractivity contribution is 0.0602. The summed E-state index contributed by atoms with van der Waals surface area (Å²) in [6.07, 6.45) is 2.75. The molecule has 0 saturated carbocycles. The number of methoxy groups -OCH3 is 1. The number of hydrogen-bond acceptors (Lipinski definition) is 6. The smallest absolute Gasteiger partial charge is 0.340 e. The Hall–Kier alpha value is -4.18. The van der Waals surface area contributed by atoms with Gasteiger partial charge in [0.15, 0.2) is 0 Å². The number of hydrogen-bond donors (Lipinski definition) is 2. The molecule has 1 heterocycles. The van der Waals surface area contributed by atoms with Crippen molar-refractivity contribution in [3.8, 4) is 11.1 Å². The number of nitrogens with one attached hydrogen (secondary N) is 2. The summed E-state index contributed by atoms with van der Waals surface area (Å²) in [6.45, 7) is 4.60. The molecule has 0 saturated heterocycles. The zero-order valence-electron chi connectivity index (χ0n) is 22.2. The lowest BCUT2D eigenvalue weighted by atomic mass is 10.0. The van der Waals surface area contributed by atoms with Crippen LogP contribution in [-0.4, -0.2) is 43.6 Å². The number of nitrogens with zero attached hydrogens (tertiary/aromatic N) is 2.